The molecule has 0 radical (unpaired) electrons. The van der Waals surface area contributed by atoms with Crippen molar-refractivity contribution in [3.05, 3.63) is 17.5 Å². The zero-order valence-corrected chi connectivity index (χ0v) is 14.1. The fourth-order valence-electron chi connectivity index (χ4n) is 3.48. The number of amides is 1. The van der Waals surface area contributed by atoms with Crippen LogP contribution in [0, 0.1) is 5.92 Å². The summed E-state index contributed by atoms with van der Waals surface area (Å²) < 4.78 is 5.42. The standard InChI is InChI=1S/C17H27N3O2/c1-11(2)20-9-12(3)14(10-20)18-16(21)13-8-15(22-19-13)17(4)6-5-7-17/h8,11-12,14H,5-7,9-10H2,1-4H3,(H,18,21)/t12-,14-/m0/s1. The van der Waals surface area contributed by atoms with E-state index in [-0.39, 0.29) is 17.4 Å². The Morgan fingerprint density at radius 1 is 1.45 bits per heavy atom. The van der Waals surface area contributed by atoms with Crippen molar-refractivity contribution in [1.82, 2.24) is 15.4 Å². The second-order valence-corrected chi connectivity index (χ2v) is 7.60. The summed E-state index contributed by atoms with van der Waals surface area (Å²) in [6, 6.07) is 2.53. The van der Waals surface area contributed by atoms with Crippen LogP contribution in [0.5, 0.6) is 0 Å². The average Bonchev–Trinajstić information content (AvgIpc) is 3.04. The van der Waals surface area contributed by atoms with Crippen molar-refractivity contribution in [3.8, 4) is 0 Å². The van der Waals surface area contributed by atoms with E-state index >= 15 is 0 Å². The Kier molecular flexibility index (Phi) is 4.02. The van der Waals surface area contributed by atoms with Gasteiger partial charge in [0.2, 0.25) is 0 Å². The molecule has 2 atom stereocenters. The molecule has 1 aromatic rings. The molecule has 1 aromatic heterocycles. The number of hydrogen-bond acceptors (Lipinski definition) is 4. The maximum Gasteiger partial charge on any atom is 0.273 e. The number of nitrogens with one attached hydrogen (secondary N) is 1. The maximum atomic E-state index is 12.4. The average molecular weight is 305 g/mol. The van der Waals surface area contributed by atoms with Gasteiger partial charge >= 0.3 is 0 Å². The fourth-order valence-corrected chi connectivity index (χ4v) is 3.48. The predicted octanol–water partition coefficient (Wildman–Crippen LogP) is 2.57. The lowest BCUT2D eigenvalue weighted by atomic mass is 9.69. The molecule has 1 amide bonds. The largest absolute Gasteiger partial charge is 0.360 e. The van der Waals surface area contributed by atoms with E-state index in [1.54, 1.807) is 0 Å². The summed E-state index contributed by atoms with van der Waals surface area (Å²) in [6.45, 7) is 10.7. The number of nitrogens with zero attached hydrogens (tertiary/aromatic N) is 2. The van der Waals surface area contributed by atoms with E-state index in [9.17, 15) is 4.79 Å². The maximum absolute atomic E-state index is 12.4. The van der Waals surface area contributed by atoms with E-state index in [0.717, 1.165) is 31.7 Å². The number of rotatable bonds is 4. The third-order valence-corrected chi connectivity index (χ3v) is 5.48. The molecule has 1 aliphatic heterocycles. The van der Waals surface area contributed by atoms with Crippen LogP contribution in [0.2, 0.25) is 0 Å². The molecule has 2 fully saturated rings. The molecule has 0 unspecified atom stereocenters. The summed E-state index contributed by atoms with van der Waals surface area (Å²) in [6.07, 6.45) is 3.46. The molecule has 0 bridgehead atoms. The summed E-state index contributed by atoms with van der Waals surface area (Å²) in [7, 11) is 0. The second kappa shape index (κ2) is 5.69. The highest BCUT2D eigenvalue weighted by Crippen LogP contribution is 2.43. The van der Waals surface area contributed by atoms with Crippen molar-refractivity contribution in [2.24, 2.45) is 5.92 Å². The molecule has 5 heteroatoms. The monoisotopic (exact) mass is 305 g/mol. The number of aromatic nitrogens is 1. The Labute approximate surface area is 132 Å². The number of likely N-dealkylation sites (tertiary alicyclic amines) is 1. The Morgan fingerprint density at radius 3 is 2.73 bits per heavy atom. The molecule has 22 heavy (non-hydrogen) atoms. The first-order valence-electron chi connectivity index (χ1n) is 8.41. The highest BCUT2D eigenvalue weighted by molar-refractivity contribution is 5.92. The summed E-state index contributed by atoms with van der Waals surface area (Å²) in [5.74, 6) is 1.20. The van der Waals surface area contributed by atoms with Gasteiger partial charge < -0.3 is 9.84 Å². The molecular weight excluding hydrogens is 278 g/mol. The van der Waals surface area contributed by atoms with Gasteiger partial charge in [0.25, 0.3) is 5.91 Å². The molecule has 2 heterocycles. The zero-order valence-electron chi connectivity index (χ0n) is 14.1. The van der Waals surface area contributed by atoms with Gasteiger partial charge in [-0.3, -0.25) is 9.69 Å². The van der Waals surface area contributed by atoms with E-state index in [2.05, 4.69) is 43.1 Å². The van der Waals surface area contributed by atoms with E-state index in [0.29, 0.717) is 17.7 Å². The Balaban J connectivity index is 1.63. The van der Waals surface area contributed by atoms with Gasteiger partial charge in [-0.25, -0.2) is 0 Å². The third-order valence-electron chi connectivity index (χ3n) is 5.48. The molecule has 1 aliphatic carbocycles. The topological polar surface area (TPSA) is 58.4 Å². The molecule has 122 valence electrons. The molecule has 1 saturated carbocycles. The first kappa shape index (κ1) is 15.5. The quantitative estimate of drug-likeness (QED) is 0.929. The molecule has 0 spiro atoms. The van der Waals surface area contributed by atoms with Crippen LogP contribution in [0.4, 0.5) is 0 Å². The number of hydrogen-bond donors (Lipinski definition) is 1. The van der Waals surface area contributed by atoms with Crippen molar-refractivity contribution in [2.75, 3.05) is 13.1 Å². The van der Waals surface area contributed by atoms with Crippen LogP contribution >= 0.6 is 0 Å². The molecule has 1 saturated heterocycles. The van der Waals surface area contributed by atoms with Gasteiger partial charge in [-0.15, -0.1) is 0 Å². The lowest BCUT2D eigenvalue weighted by Crippen LogP contribution is -2.40. The van der Waals surface area contributed by atoms with Gasteiger partial charge in [-0.1, -0.05) is 25.4 Å². The minimum absolute atomic E-state index is 0.0840. The normalized spacial score (nSPS) is 27.9. The van der Waals surface area contributed by atoms with Gasteiger partial charge in [0.05, 0.1) is 0 Å². The van der Waals surface area contributed by atoms with Gasteiger partial charge in [0, 0.05) is 36.7 Å². The second-order valence-electron chi connectivity index (χ2n) is 7.60. The van der Waals surface area contributed by atoms with Crippen molar-refractivity contribution in [2.45, 2.75) is 64.5 Å². The van der Waals surface area contributed by atoms with Crippen LogP contribution in [-0.2, 0) is 5.41 Å². The highest BCUT2D eigenvalue weighted by Gasteiger charge is 2.38. The minimum atomic E-state index is -0.111. The summed E-state index contributed by atoms with van der Waals surface area (Å²) in [5, 5.41) is 7.11. The van der Waals surface area contributed by atoms with Gasteiger partial charge in [-0.2, -0.15) is 0 Å². The smallest absolute Gasteiger partial charge is 0.273 e. The first-order chi connectivity index (χ1) is 10.4. The SMILES string of the molecule is CC(C)N1C[C@H](NC(=O)c2cc(C3(C)CCC3)on2)[C@@H](C)C1. The van der Waals surface area contributed by atoms with Gasteiger partial charge in [-0.05, 0) is 32.6 Å². The number of carbonyl (C=O) groups is 1. The van der Waals surface area contributed by atoms with E-state index in [1.807, 2.05) is 6.07 Å². The molecule has 1 N–H and O–H groups in total. The van der Waals surface area contributed by atoms with Crippen molar-refractivity contribution >= 4 is 5.91 Å². The van der Waals surface area contributed by atoms with E-state index < -0.39 is 0 Å². The van der Waals surface area contributed by atoms with Gasteiger partial charge in [0.15, 0.2) is 5.69 Å². The van der Waals surface area contributed by atoms with Crippen molar-refractivity contribution in [3.63, 3.8) is 0 Å². The zero-order chi connectivity index (χ0) is 15.9. The lowest BCUT2D eigenvalue weighted by Gasteiger charge is -2.35. The molecule has 5 nitrogen and oxygen atoms in total. The molecule has 2 aliphatic rings. The van der Waals surface area contributed by atoms with E-state index in [4.69, 9.17) is 4.52 Å². The Morgan fingerprint density at radius 2 is 2.18 bits per heavy atom. The summed E-state index contributed by atoms with van der Waals surface area (Å²) in [5.41, 5.74) is 0.499. The first-order valence-corrected chi connectivity index (χ1v) is 8.41. The van der Waals surface area contributed by atoms with Crippen LogP contribution in [0.3, 0.4) is 0 Å². The highest BCUT2D eigenvalue weighted by atomic mass is 16.5. The Bertz CT molecular complexity index is 548. The third kappa shape index (κ3) is 2.78. The fraction of sp³-hybridized carbons (Fsp3) is 0.765. The summed E-state index contributed by atoms with van der Waals surface area (Å²) >= 11 is 0. The van der Waals surface area contributed by atoms with Crippen LogP contribution < -0.4 is 5.32 Å². The van der Waals surface area contributed by atoms with Gasteiger partial charge in [0.1, 0.15) is 5.76 Å². The van der Waals surface area contributed by atoms with Crippen molar-refractivity contribution < 1.29 is 9.32 Å². The Hall–Kier alpha value is -1.36. The van der Waals surface area contributed by atoms with Crippen molar-refractivity contribution in [1.29, 1.82) is 0 Å². The van der Waals surface area contributed by atoms with Crippen LogP contribution in [0.15, 0.2) is 10.6 Å². The van der Waals surface area contributed by atoms with Crippen LogP contribution in [-0.4, -0.2) is 41.1 Å². The minimum Gasteiger partial charge on any atom is -0.360 e. The number of carbonyl (C=O) groups excluding carboxylic acids is 1. The summed E-state index contributed by atoms with van der Waals surface area (Å²) in [4.78, 5) is 14.8. The molecule has 0 aromatic carbocycles. The van der Waals surface area contributed by atoms with Crippen LogP contribution in [0.25, 0.3) is 0 Å². The lowest BCUT2D eigenvalue weighted by molar-refractivity contribution is 0.0921. The van der Waals surface area contributed by atoms with Crippen LogP contribution in [0.1, 0.15) is 63.2 Å². The van der Waals surface area contributed by atoms with E-state index in [1.165, 1.54) is 6.42 Å². The predicted molar refractivity (Wildman–Crippen MR) is 84.8 cm³/mol. The molecule has 3 rings (SSSR count). The molecular formula is C17H27N3O2.